The first kappa shape index (κ1) is 11.8. The zero-order chi connectivity index (χ0) is 10.6. The van der Waals surface area contributed by atoms with E-state index >= 15 is 0 Å². The lowest BCUT2D eigenvalue weighted by atomic mass is 10.2. The van der Waals surface area contributed by atoms with Gasteiger partial charge in [-0.15, -0.1) is 0 Å². The molecule has 1 nitrogen and oxygen atoms in total. The van der Waals surface area contributed by atoms with Crippen molar-refractivity contribution in [2.75, 3.05) is 7.05 Å². The molecular weight excluding hydrogens is 261 g/mol. The van der Waals surface area contributed by atoms with Gasteiger partial charge >= 0.3 is 0 Å². The molecule has 0 aromatic heterocycles. The third-order valence-corrected chi connectivity index (χ3v) is 2.80. The molecule has 1 atom stereocenters. The van der Waals surface area contributed by atoms with E-state index < -0.39 is 0 Å². The van der Waals surface area contributed by atoms with Crippen molar-refractivity contribution in [3.8, 4) is 0 Å². The third-order valence-electron chi connectivity index (χ3n) is 1.98. The lowest BCUT2D eigenvalue weighted by Crippen LogP contribution is -2.17. The van der Waals surface area contributed by atoms with Gasteiger partial charge < -0.3 is 5.32 Å². The van der Waals surface area contributed by atoms with E-state index in [0.29, 0.717) is 6.04 Å². The Balaban J connectivity index is 2.82. The van der Waals surface area contributed by atoms with Gasteiger partial charge in [-0.2, -0.15) is 0 Å². The van der Waals surface area contributed by atoms with Gasteiger partial charge in [0.05, 0.1) is 0 Å². The van der Waals surface area contributed by atoms with Crippen LogP contribution in [0.2, 0.25) is 5.02 Å². The molecular formula is C11H13BrClN. The Morgan fingerprint density at radius 1 is 1.50 bits per heavy atom. The minimum atomic E-state index is 0.356. The SMILES string of the molecule is CNC(C)/C=C/c1ccc(Br)cc1Cl. The summed E-state index contributed by atoms with van der Waals surface area (Å²) in [6, 6.07) is 6.22. The molecule has 0 saturated carbocycles. The van der Waals surface area contributed by atoms with E-state index in [-0.39, 0.29) is 0 Å². The van der Waals surface area contributed by atoms with Crippen molar-refractivity contribution in [3.05, 3.63) is 39.3 Å². The van der Waals surface area contributed by atoms with E-state index in [1.165, 1.54) is 0 Å². The van der Waals surface area contributed by atoms with Gasteiger partial charge in [0.25, 0.3) is 0 Å². The van der Waals surface area contributed by atoms with Crippen molar-refractivity contribution in [2.24, 2.45) is 0 Å². The van der Waals surface area contributed by atoms with Crippen LogP contribution in [0.3, 0.4) is 0 Å². The molecule has 0 heterocycles. The predicted molar refractivity (Wildman–Crippen MR) is 66.7 cm³/mol. The fourth-order valence-corrected chi connectivity index (χ4v) is 1.72. The Morgan fingerprint density at radius 3 is 2.79 bits per heavy atom. The molecule has 0 radical (unpaired) electrons. The van der Waals surface area contributed by atoms with Gasteiger partial charge in [0.1, 0.15) is 0 Å². The van der Waals surface area contributed by atoms with Crippen LogP contribution in [0.5, 0.6) is 0 Å². The van der Waals surface area contributed by atoms with E-state index in [9.17, 15) is 0 Å². The number of halogens is 2. The Labute approximate surface area is 98.3 Å². The molecule has 0 amide bonds. The predicted octanol–water partition coefficient (Wildman–Crippen LogP) is 3.72. The van der Waals surface area contributed by atoms with Crippen LogP contribution in [0.15, 0.2) is 28.7 Å². The maximum absolute atomic E-state index is 6.05. The van der Waals surface area contributed by atoms with Crippen molar-refractivity contribution in [2.45, 2.75) is 13.0 Å². The molecule has 0 bridgehead atoms. The number of hydrogen-bond acceptors (Lipinski definition) is 1. The van der Waals surface area contributed by atoms with E-state index in [0.717, 1.165) is 15.1 Å². The Hall–Kier alpha value is -0.310. The minimum Gasteiger partial charge on any atom is -0.314 e. The standard InChI is InChI=1S/C11H13BrClN/c1-8(14-2)3-4-9-5-6-10(12)7-11(9)13/h3-8,14H,1-2H3/b4-3+. The quantitative estimate of drug-likeness (QED) is 0.886. The molecule has 76 valence electrons. The molecule has 0 saturated heterocycles. The maximum Gasteiger partial charge on any atom is 0.0489 e. The minimum absolute atomic E-state index is 0.356. The highest BCUT2D eigenvalue weighted by Crippen LogP contribution is 2.22. The normalized spacial score (nSPS) is 13.4. The van der Waals surface area contributed by atoms with Crippen molar-refractivity contribution in [1.82, 2.24) is 5.32 Å². The summed E-state index contributed by atoms with van der Waals surface area (Å²) < 4.78 is 1.00. The van der Waals surface area contributed by atoms with Gasteiger partial charge in [-0.1, -0.05) is 45.7 Å². The zero-order valence-corrected chi connectivity index (χ0v) is 10.6. The number of rotatable bonds is 3. The van der Waals surface area contributed by atoms with Crippen molar-refractivity contribution >= 4 is 33.6 Å². The van der Waals surface area contributed by atoms with Gasteiger partial charge in [0.2, 0.25) is 0 Å². The molecule has 1 rings (SSSR count). The summed E-state index contributed by atoms with van der Waals surface area (Å²) in [7, 11) is 1.93. The highest BCUT2D eigenvalue weighted by molar-refractivity contribution is 9.10. The average molecular weight is 275 g/mol. The Morgan fingerprint density at radius 2 is 2.21 bits per heavy atom. The molecule has 1 unspecified atom stereocenters. The van der Waals surface area contributed by atoms with Gasteiger partial charge in [0.15, 0.2) is 0 Å². The largest absolute Gasteiger partial charge is 0.314 e. The molecule has 0 aliphatic heterocycles. The van der Waals surface area contributed by atoms with E-state index in [1.54, 1.807) is 0 Å². The van der Waals surface area contributed by atoms with Crippen LogP contribution >= 0.6 is 27.5 Å². The molecule has 0 fully saturated rings. The summed E-state index contributed by atoms with van der Waals surface area (Å²) in [6.45, 7) is 2.09. The number of benzene rings is 1. The molecule has 0 aliphatic carbocycles. The summed E-state index contributed by atoms with van der Waals surface area (Å²) >= 11 is 9.42. The van der Waals surface area contributed by atoms with E-state index in [2.05, 4.69) is 34.2 Å². The summed E-state index contributed by atoms with van der Waals surface area (Å²) in [5.41, 5.74) is 1.04. The molecule has 1 aromatic rings. The number of nitrogens with one attached hydrogen (secondary N) is 1. The van der Waals surface area contributed by atoms with E-state index in [4.69, 9.17) is 11.6 Å². The highest BCUT2D eigenvalue weighted by atomic mass is 79.9. The Bertz CT molecular complexity index is 336. The lowest BCUT2D eigenvalue weighted by molar-refractivity contribution is 0.731. The second-order valence-corrected chi connectivity index (χ2v) is 4.43. The van der Waals surface area contributed by atoms with Crippen molar-refractivity contribution in [1.29, 1.82) is 0 Å². The maximum atomic E-state index is 6.05. The summed E-state index contributed by atoms with van der Waals surface area (Å²) in [5, 5.41) is 3.89. The second kappa shape index (κ2) is 5.54. The zero-order valence-electron chi connectivity index (χ0n) is 8.22. The fraction of sp³-hybridized carbons (Fsp3) is 0.273. The number of likely N-dealkylation sites (N-methyl/N-ethyl adjacent to an activating group) is 1. The monoisotopic (exact) mass is 273 g/mol. The van der Waals surface area contributed by atoms with Gasteiger partial charge in [-0.3, -0.25) is 0 Å². The van der Waals surface area contributed by atoms with Gasteiger partial charge in [0, 0.05) is 15.5 Å². The summed E-state index contributed by atoms with van der Waals surface area (Å²) in [6.07, 6.45) is 4.10. The van der Waals surface area contributed by atoms with Crippen molar-refractivity contribution in [3.63, 3.8) is 0 Å². The summed E-state index contributed by atoms with van der Waals surface area (Å²) in [4.78, 5) is 0. The van der Waals surface area contributed by atoms with Crippen LogP contribution in [0.1, 0.15) is 12.5 Å². The van der Waals surface area contributed by atoms with Gasteiger partial charge in [-0.05, 0) is 31.7 Å². The van der Waals surface area contributed by atoms with Crippen LogP contribution in [0.25, 0.3) is 6.08 Å². The Kier molecular flexibility index (Phi) is 4.66. The molecule has 1 aromatic carbocycles. The van der Waals surface area contributed by atoms with Gasteiger partial charge in [-0.25, -0.2) is 0 Å². The topological polar surface area (TPSA) is 12.0 Å². The van der Waals surface area contributed by atoms with Crippen LogP contribution in [0.4, 0.5) is 0 Å². The molecule has 0 aliphatic rings. The first-order chi connectivity index (χ1) is 6.63. The smallest absolute Gasteiger partial charge is 0.0489 e. The molecule has 0 spiro atoms. The van der Waals surface area contributed by atoms with Crippen LogP contribution in [-0.4, -0.2) is 13.1 Å². The number of hydrogen-bond donors (Lipinski definition) is 1. The highest BCUT2D eigenvalue weighted by Gasteiger charge is 1.97. The first-order valence-corrected chi connectivity index (χ1v) is 5.61. The van der Waals surface area contributed by atoms with E-state index in [1.807, 2.05) is 31.3 Å². The van der Waals surface area contributed by atoms with Crippen molar-refractivity contribution < 1.29 is 0 Å². The molecule has 14 heavy (non-hydrogen) atoms. The third kappa shape index (κ3) is 3.45. The average Bonchev–Trinajstić information content (AvgIpc) is 2.16. The first-order valence-electron chi connectivity index (χ1n) is 4.44. The second-order valence-electron chi connectivity index (χ2n) is 3.10. The molecule has 3 heteroatoms. The molecule has 1 N–H and O–H groups in total. The van der Waals surface area contributed by atoms with Crippen LogP contribution in [-0.2, 0) is 0 Å². The fourth-order valence-electron chi connectivity index (χ4n) is 0.981. The van der Waals surface area contributed by atoms with Crippen LogP contribution < -0.4 is 5.32 Å². The van der Waals surface area contributed by atoms with Crippen LogP contribution in [0, 0.1) is 0 Å². The summed E-state index contributed by atoms with van der Waals surface area (Å²) in [5.74, 6) is 0. The lowest BCUT2D eigenvalue weighted by Gasteiger charge is -2.03.